The van der Waals surface area contributed by atoms with E-state index in [0.29, 0.717) is 32.8 Å². The summed E-state index contributed by atoms with van der Waals surface area (Å²) in [4.78, 5) is 24.9. The molecule has 0 saturated heterocycles. The summed E-state index contributed by atoms with van der Waals surface area (Å²) in [5.41, 5.74) is 0.873. The minimum atomic E-state index is -0.658. The van der Waals surface area contributed by atoms with E-state index in [1.807, 2.05) is 0 Å². The molecule has 0 fully saturated rings. The van der Waals surface area contributed by atoms with Gasteiger partial charge in [-0.05, 0) is 43.7 Å². The maximum Gasteiger partial charge on any atom is 0.346 e. The third kappa shape index (κ3) is 6.16. The summed E-state index contributed by atoms with van der Waals surface area (Å²) in [6.45, 7) is 2.09. The number of carbonyl (C=O) groups is 2. The van der Waals surface area contributed by atoms with Crippen LogP contribution in [0.4, 0.5) is 5.88 Å². The van der Waals surface area contributed by atoms with Gasteiger partial charge in [-0.3, -0.25) is 10.1 Å². The van der Waals surface area contributed by atoms with E-state index < -0.39 is 5.97 Å². The molecule has 168 valence electrons. The Labute approximate surface area is 199 Å². The average molecular weight is 498 g/mol. The Morgan fingerprint density at radius 1 is 1.06 bits per heavy atom. The van der Waals surface area contributed by atoms with Crippen molar-refractivity contribution in [3.05, 3.63) is 63.1 Å². The first kappa shape index (κ1) is 23.9. The molecule has 1 amide bonds. The molecule has 1 N–H and O–H groups in total. The number of anilines is 1. The molecule has 2 aromatic carbocycles. The lowest BCUT2D eigenvalue weighted by atomic mass is 10.1. The van der Waals surface area contributed by atoms with E-state index in [2.05, 4.69) is 10.5 Å². The Balaban J connectivity index is 1.64. The summed E-state index contributed by atoms with van der Waals surface area (Å²) in [6, 6.07) is 11.6. The van der Waals surface area contributed by atoms with Gasteiger partial charge in [0.15, 0.2) is 5.56 Å². The average Bonchev–Trinajstić information content (AvgIpc) is 3.16. The number of esters is 1. The predicted octanol–water partition coefficient (Wildman–Crippen LogP) is 6.28. The largest absolute Gasteiger partial charge is 0.492 e. The van der Waals surface area contributed by atoms with E-state index in [1.165, 1.54) is 0 Å². The van der Waals surface area contributed by atoms with Gasteiger partial charge in [-0.2, -0.15) is 0 Å². The monoisotopic (exact) mass is 496 g/mol. The molecule has 0 radical (unpaired) electrons. The number of nitrogens with zero attached hydrogens (tertiary/aromatic N) is 1. The van der Waals surface area contributed by atoms with Crippen molar-refractivity contribution in [2.24, 2.45) is 0 Å². The van der Waals surface area contributed by atoms with Crippen molar-refractivity contribution >= 4 is 52.6 Å². The van der Waals surface area contributed by atoms with Crippen LogP contribution in [0.1, 0.15) is 30.1 Å². The molecule has 3 rings (SSSR count). The third-order valence-corrected chi connectivity index (χ3v) is 5.02. The van der Waals surface area contributed by atoms with E-state index in [1.54, 1.807) is 49.4 Å². The predicted molar refractivity (Wildman–Crippen MR) is 123 cm³/mol. The van der Waals surface area contributed by atoms with Crippen molar-refractivity contribution < 1.29 is 23.6 Å². The van der Waals surface area contributed by atoms with Crippen molar-refractivity contribution in [2.45, 2.75) is 19.8 Å². The van der Waals surface area contributed by atoms with E-state index >= 15 is 0 Å². The van der Waals surface area contributed by atoms with Gasteiger partial charge in [0.25, 0.3) is 0 Å². The topological polar surface area (TPSA) is 90.7 Å². The highest BCUT2D eigenvalue weighted by Gasteiger charge is 2.26. The third-order valence-electron chi connectivity index (χ3n) is 4.24. The summed E-state index contributed by atoms with van der Waals surface area (Å²) < 4.78 is 15.9. The first-order valence-electron chi connectivity index (χ1n) is 9.69. The Morgan fingerprint density at radius 2 is 1.78 bits per heavy atom. The Kier molecular flexibility index (Phi) is 8.39. The van der Waals surface area contributed by atoms with Crippen molar-refractivity contribution in [1.82, 2.24) is 5.16 Å². The molecule has 0 bridgehead atoms. The number of rotatable bonds is 9. The Morgan fingerprint density at radius 3 is 2.47 bits per heavy atom. The van der Waals surface area contributed by atoms with Gasteiger partial charge in [-0.1, -0.05) is 52.1 Å². The first-order valence-corrected chi connectivity index (χ1v) is 10.8. The maximum absolute atomic E-state index is 12.5. The molecule has 0 unspecified atom stereocenters. The molecule has 0 aliphatic rings. The van der Waals surface area contributed by atoms with Crippen molar-refractivity contribution in [2.75, 3.05) is 18.5 Å². The summed E-state index contributed by atoms with van der Waals surface area (Å²) >= 11 is 17.8. The van der Waals surface area contributed by atoms with Gasteiger partial charge in [-0.15, -0.1) is 0 Å². The molecule has 10 heteroatoms. The zero-order valence-electron chi connectivity index (χ0n) is 17.0. The van der Waals surface area contributed by atoms with Crippen LogP contribution in [0.15, 0.2) is 47.0 Å². The van der Waals surface area contributed by atoms with Gasteiger partial charge in [0.1, 0.15) is 11.4 Å². The zero-order chi connectivity index (χ0) is 23.1. The van der Waals surface area contributed by atoms with E-state index in [9.17, 15) is 9.59 Å². The van der Waals surface area contributed by atoms with Crippen LogP contribution in [0.5, 0.6) is 5.75 Å². The van der Waals surface area contributed by atoms with Crippen LogP contribution in [-0.4, -0.2) is 30.2 Å². The number of carbonyl (C=O) groups excluding carboxylic acids is 2. The van der Waals surface area contributed by atoms with Gasteiger partial charge in [0.2, 0.25) is 11.8 Å². The highest BCUT2D eigenvalue weighted by molar-refractivity contribution is 6.35. The fourth-order valence-corrected chi connectivity index (χ4v) is 3.36. The number of hydrogen-bond acceptors (Lipinski definition) is 6. The smallest absolute Gasteiger partial charge is 0.346 e. The number of hydrogen-bond donors (Lipinski definition) is 1. The zero-order valence-corrected chi connectivity index (χ0v) is 19.3. The van der Waals surface area contributed by atoms with Crippen LogP contribution in [-0.2, 0) is 9.53 Å². The standard InChI is InChI=1S/C22H19Cl3N2O5/c1-2-30-22(29)19-20(13-5-7-14(23)8-6-13)27-32-21(19)26-18(28)4-3-11-31-17-10-9-15(24)12-16(17)25/h5-10,12H,2-4,11H2,1H3,(H,26,28). The van der Waals surface area contributed by atoms with Crippen LogP contribution in [0, 0.1) is 0 Å². The molecule has 3 aromatic rings. The van der Waals surface area contributed by atoms with E-state index in [4.69, 9.17) is 48.8 Å². The van der Waals surface area contributed by atoms with Crippen molar-refractivity contribution in [3.8, 4) is 17.0 Å². The van der Waals surface area contributed by atoms with Gasteiger partial charge in [-0.25, -0.2) is 4.79 Å². The van der Waals surface area contributed by atoms with Crippen molar-refractivity contribution in [3.63, 3.8) is 0 Å². The molecular formula is C22H19Cl3N2O5. The minimum Gasteiger partial charge on any atom is -0.492 e. The van der Waals surface area contributed by atoms with E-state index in [-0.39, 0.29) is 42.7 Å². The summed E-state index contributed by atoms with van der Waals surface area (Å²) in [5.74, 6) is -0.640. The van der Waals surface area contributed by atoms with Crippen molar-refractivity contribution in [1.29, 1.82) is 0 Å². The van der Waals surface area contributed by atoms with Gasteiger partial charge >= 0.3 is 5.97 Å². The number of nitrogens with one attached hydrogen (secondary N) is 1. The Hall–Kier alpha value is -2.74. The number of halogens is 3. The molecule has 1 heterocycles. The second-order valence-corrected chi connectivity index (χ2v) is 7.82. The molecule has 0 atom stereocenters. The molecular weight excluding hydrogens is 479 g/mol. The quantitative estimate of drug-likeness (QED) is 0.276. The normalized spacial score (nSPS) is 10.6. The summed E-state index contributed by atoms with van der Waals surface area (Å²) in [7, 11) is 0. The van der Waals surface area contributed by atoms with Crippen LogP contribution >= 0.6 is 34.8 Å². The molecule has 0 aliphatic heterocycles. The lowest BCUT2D eigenvalue weighted by molar-refractivity contribution is -0.116. The maximum atomic E-state index is 12.5. The molecule has 32 heavy (non-hydrogen) atoms. The molecule has 7 nitrogen and oxygen atoms in total. The summed E-state index contributed by atoms with van der Waals surface area (Å²) in [5, 5.41) is 7.94. The summed E-state index contributed by atoms with van der Waals surface area (Å²) in [6.07, 6.45) is 0.516. The second-order valence-electron chi connectivity index (χ2n) is 6.54. The lowest BCUT2D eigenvalue weighted by Gasteiger charge is -2.08. The van der Waals surface area contributed by atoms with Crippen LogP contribution in [0.2, 0.25) is 15.1 Å². The fraction of sp³-hybridized carbons (Fsp3) is 0.227. The lowest BCUT2D eigenvalue weighted by Crippen LogP contribution is -2.15. The van der Waals surface area contributed by atoms with Crippen LogP contribution < -0.4 is 10.1 Å². The Bertz CT molecular complexity index is 1100. The van der Waals surface area contributed by atoms with Crippen LogP contribution in [0.25, 0.3) is 11.3 Å². The highest BCUT2D eigenvalue weighted by Crippen LogP contribution is 2.31. The number of amides is 1. The molecule has 1 aromatic heterocycles. The van der Waals surface area contributed by atoms with Gasteiger partial charge in [0, 0.05) is 22.0 Å². The highest BCUT2D eigenvalue weighted by atomic mass is 35.5. The number of benzene rings is 2. The van der Waals surface area contributed by atoms with E-state index in [0.717, 1.165) is 0 Å². The molecule has 0 spiro atoms. The molecule has 0 aliphatic carbocycles. The minimum absolute atomic E-state index is 0.0340. The molecule has 0 saturated carbocycles. The van der Waals surface area contributed by atoms with Crippen LogP contribution in [0.3, 0.4) is 0 Å². The van der Waals surface area contributed by atoms with Gasteiger partial charge < -0.3 is 14.0 Å². The SMILES string of the molecule is CCOC(=O)c1c(-c2ccc(Cl)cc2)noc1NC(=O)CCCOc1ccc(Cl)cc1Cl. The fourth-order valence-electron chi connectivity index (χ4n) is 2.77. The number of aromatic nitrogens is 1. The van der Waals surface area contributed by atoms with Gasteiger partial charge in [0.05, 0.1) is 18.2 Å². The first-order chi connectivity index (χ1) is 15.4. The second kappa shape index (κ2) is 11.2. The number of ether oxygens (including phenoxy) is 2.